The number of urea groups is 1. The lowest BCUT2D eigenvalue weighted by Crippen LogP contribution is -2.27. The van der Waals surface area contributed by atoms with Gasteiger partial charge in [0.2, 0.25) is 0 Å². The zero-order chi connectivity index (χ0) is 18.1. The first kappa shape index (κ1) is 16.1. The van der Waals surface area contributed by atoms with Crippen LogP contribution in [0.15, 0.2) is 54.6 Å². The van der Waals surface area contributed by atoms with Gasteiger partial charge in [0.15, 0.2) is 0 Å². The topological polar surface area (TPSA) is 74.3 Å². The summed E-state index contributed by atoms with van der Waals surface area (Å²) >= 11 is 0. The number of carbonyl (C=O) groups excluding carboxylic acids is 2. The SMILES string of the molecule is Cc1ccc2cccc(NC(=O)c3ccc(N4CCNC4=O)cc3)c2n1. The van der Waals surface area contributed by atoms with Crippen LogP contribution in [0.4, 0.5) is 16.2 Å². The highest BCUT2D eigenvalue weighted by Crippen LogP contribution is 2.23. The summed E-state index contributed by atoms with van der Waals surface area (Å²) in [7, 11) is 0. The third-order valence-corrected chi connectivity index (χ3v) is 4.41. The van der Waals surface area contributed by atoms with Crippen LogP contribution in [0.25, 0.3) is 10.9 Å². The third kappa shape index (κ3) is 2.97. The van der Waals surface area contributed by atoms with E-state index in [-0.39, 0.29) is 11.9 Å². The smallest absolute Gasteiger partial charge is 0.321 e. The molecule has 4 rings (SSSR count). The number of hydrogen-bond donors (Lipinski definition) is 2. The van der Waals surface area contributed by atoms with Crippen LogP contribution in [-0.4, -0.2) is 30.0 Å². The highest BCUT2D eigenvalue weighted by molar-refractivity contribution is 6.08. The van der Waals surface area contributed by atoms with E-state index >= 15 is 0 Å². The van der Waals surface area contributed by atoms with Gasteiger partial charge in [0, 0.05) is 35.4 Å². The predicted octanol–water partition coefficient (Wildman–Crippen LogP) is 3.33. The molecule has 1 aliphatic rings. The van der Waals surface area contributed by atoms with Gasteiger partial charge in [-0.15, -0.1) is 0 Å². The molecule has 1 aromatic heterocycles. The molecule has 0 radical (unpaired) electrons. The molecule has 3 aromatic rings. The lowest BCUT2D eigenvalue weighted by molar-refractivity contribution is 0.102. The van der Waals surface area contributed by atoms with E-state index in [9.17, 15) is 9.59 Å². The Morgan fingerprint density at radius 1 is 1.12 bits per heavy atom. The van der Waals surface area contributed by atoms with Crippen molar-refractivity contribution in [2.24, 2.45) is 0 Å². The molecule has 130 valence electrons. The van der Waals surface area contributed by atoms with E-state index in [2.05, 4.69) is 15.6 Å². The van der Waals surface area contributed by atoms with Gasteiger partial charge in [0.05, 0.1) is 11.2 Å². The second-order valence-corrected chi connectivity index (χ2v) is 6.21. The Balaban J connectivity index is 1.57. The van der Waals surface area contributed by atoms with Crippen molar-refractivity contribution in [2.75, 3.05) is 23.3 Å². The number of amides is 3. The van der Waals surface area contributed by atoms with Crippen molar-refractivity contribution in [3.63, 3.8) is 0 Å². The van der Waals surface area contributed by atoms with E-state index in [1.165, 1.54) is 0 Å². The van der Waals surface area contributed by atoms with Crippen LogP contribution in [0.5, 0.6) is 0 Å². The minimum Gasteiger partial charge on any atom is -0.336 e. The van der Waals surface area contributed by atoms with Crippen molar-refractivity contribution in [1.29, 1.82) is 0 Å². The Kier molecular flexibility index (Phi) is 4.01. The number of anilines is 2. The molecule has 2 aromatic carbocycles. The van der Waals surface area contributed by atoms with Crippen molar-refractivity contribution in [3.05, 3.63) is 65.9 Å². The average molecular weight is 346 g/mol. The van der Waals surface area contributed by atoms with Crippen molar-refractivity contribution in [3.8, 4) is 0 Å². The Bertz CT molecular complexity index is 998. The van der Waals surface area contributed by atoms with Crippen molar-refractivity contribution >= 4 is 34.2 Å². The molecule has 2 N–H and O–H groups in total. The van der Waals surface area contributed by atoms with Crippen molar-refractivity contribution in [2.45, 2.75) is 6.92 Å². The number of carbonyl (C=O) groups is 2. The van der Waals surface area contributed by atoms with Crippen LogP contribution in [0.2, 0.25) is 0 Å². The van der Waals surface area contributed by atoms with Crippen LogP contribution in [0.3, 0.4) is 0 Å². The molecule has 6 nitrogen and oxygen atoms in total. The minimum absolute atomic E-state index is 0.112. The van der Waals surface area contributed by atoms with Gasteiger partial charge in [-0.1, -0.05) is 18.2 Å². The molecule has 0 aliphatic carbocycles. The van der Waals surface area contributed by atoms with Gasteiger partial charge < -0.3 is 10.6 Å². The van der Waals surface area contributed by atoms with E-state index in [1.807, 2.05) is 37.3 Å². The van der Waals surface area contributed by atoms with Crippen LogP contribution in [-0.2, 0) is 0 Å². The van der Waals surface area contributed by atoms with Gasteiger partial charge in [-0.25, -0.2) is 4.79 Å². The number of rotatable bonds is 3. The van der Waals surface area contributed by atoms with E-state index in [4.69, 9.17) is 0 Å². The molecule has 1 fully saturated rings. The fourth-order valence-corrected chi connectivity index (χ4v) is 3.05. The molecule has 26 heavy (non-hydrogen) atoms. The lowest BCUT2D eigenvalue weighted by Gasteiger charge is -2.14. The molecule has 0 unspecified atom stereocenters. The summed E-state index contributed by atoms with van der Waals surface area (Å²) in [6.07, 6.45) is 0. The largest absolute Gasteiger partial charge is 0.336 e. The normalized spacial score (nSPS) is 13.7. The van der Waals surface area contributed by atoms with Gasteiger partial charge >= 0.3 is 6.03 Å². The van der Waals surface area contributed by atoms with E-state index in [0.29, 0.717) is 24.3 Å². The summed E-state index contributed by atoms with van der Waals surface area (Å²) in [6.45, 7) is 3.19. The fourth-order valence-electron chi connectivity index (χ4n) is 3.05. The molecule has 0 spiro atoms. The molecule has 1 aliphatic heterocycles. The number of nitrogens with zero attached hydrogens (tertiary/aromatic N) is 2. The molecule has 6 heteroatoms. The summed E-state index contributed by atoms with van der Waals surface area (Å²) in [6, 6.07) is 16.5. The number of aromatic nitrogens is 1. The van der Waals surface area contributed by atoms with Gasteiger partial charge in [-0.3, -0.25) is 14.7 Å². The van der Waals surface area contributed by atoms with Gasteiger partial charge in [0.25, 0.3) is 5.91 Å². The van der Waals surface area contributed by atoms with Crippen molar-refractivity contribution in [1.82, 2.24) is 10.3 Å². The number of pyridine rings is 1. The Morgan fingerprint density at radius 3 is 2.65 bits per heavy atom. The second-order valence-electron chi connectivity index (χ2n) is 6.21. The molecular weight excluding hydrogens is 328 g/mol. The number of para-hydroxylation sites is 1. The molecule has 2 heterocycles. The van der Waals surface area contributed by atoms with Crippen LogP contribution in [0.1, 0.15) is 16.1 Å². The fraction of sp³-hybridized carbons (Fsp3) is 0.150. The number of hydrogen-bond acceptors (Lipinski definition) is 3. The van der Waals surface area contributed by atoms with E-state index in [1.54, 1.807) is 29.2 Å². The highest BCUT2D eigenvalue weighted by Gasteiger charge is 2.21. The van der Waals surface area contributed by atoms with Crippen molar-refractivity contribution < 1.29 is 9.59 Å². The molecule has 0 saturated carbocycles. The number of nitrogens with one attached hydrogen (secondary N) is 2. The summed E-state index contributed by atoms with van der Waals surface area (Å²) in [5, 5.41) is 6.67. The average Bonchev–Trinajstić information content (AvgIpc) is 3.08. The van der Waals surface area contributed by atoms with Crippen LogP contribution < -0.4 is 15.5 Å². The maximum absolute atomic E-state index is 12.6. The number of aryl methyl sites for hydroxylation is 1. The summed E-state index contributed by atoms with van der Waals surface area (Å²) in [5.74, 6) is -0.210. The maximum Gasteiger partial charge on any atom is 0.321 e. The monoisotopic (exact) mass is 346 g/mol. The Labute approximate surface area is 150 Å². The zero-order valence-electron chi connectivity index (χ0n) is 14.3. The van der Waals surface area contributed by atoms with Crippen LogP contribution in [0, 0.1) is 6.92 Å². The number of fused-ring (bicyclic) bond motifs is 1. The predicted molar refractivity (Wildman–Crippen MR) is 102 cm³/mol. The van der Waals surface area contributed by atoms with Gasteiger partial charge in [0.1, 0.15) is 0 Å². The summed E-state index contributed by atoms with van der Waals surface area (Å²) in [4.78, 5) is 30.5. The zero-order valence-corrected chi connectivity index (χ0v) is 14.3. The first-order valence-corrected chi connectivity index (χ1v) is 8.45. The Hall–Kier alpha value is -3.41. The highest BCUT2D eigenvalue weighted by atomic mass is 16.2. The minimum atomic E-state index is -0.210. The number of benzene rings is 2. The quantitative estimate of drug-likeness (QED) is 0.764. The Morgan fingerprint density at radius 2 is 1.92 bits per heavy atom. The first-order valence-electron chi connectivity index (χ1n) is 8.45. The molecule has 1 saturated heterocycles. The van der Waals surface area contributed by atoms with E-state index < -0.39 is 0 Å². The molecule has 3 amide bonds. The first-order chi connectivity index (χ1) is 12.6. The summed E-state index contributed by atoms with van der Waals surface area (Å²) in [5.41, 5.74) is 3.65. The molecular formula is C20H18N4O2. The summed E-state index contributed by atoms with van der Waals surface area (Å²) < 4.78 is 0. The lowest BCUT2D eigenvalue weighted by atomic mass is 10.1. The molecule has 0 atom stereocenters. The second kappa shape index (κ2) is 6.48. The molecule has 0 bridgehead atoms. The van der Waals surface area contributed by atoms with E-state index in [0.717, 1.165) is 22.3 Å². The third-order valence-electron chi connectivity index (χ3n) is 4.41. The van der Waals surface area contributed by atoms with Gasteiger partial charge in [-0.05, 0) is 43.3 Å². The van der Waals surface area contributed by atoms with Gasteiger partial charge in [-0.2, -0.15) is 0 Å². The standard InChI is InChI=1S/C20H18N4O2/c1-13-5-6-14-3-2-4-17(18(14)22-13)23-19(25)15-7-9-16(10-8-15)24-12-11-21-20(24)26/h2-10H,11-12H2,1H3,(H,21,26)(H,23,25). The maximum atomic E-state index is 12.6. The van der Waals surface area contributed by atoms with Crippen LogP contribution >= 0.6 is 0 Å².